The summed E-state index contributed by atoms with van der Waals surface area (Å²) in [5, 5.41) is 0. The molecule has 0 unspecified atom stereocenters. The second kappa shape index (κ2) is 7.98. The number of nitrogens with zero attached hydrogens (tertiary/aromatic N) is 1. The molecule has 0 radical (unpaired) electrons. The molecule has 2 heterocycles. The number of fused-ring (bicyclic) bond motifs is 3. The highest BCUT2D eigenvalue weighted by atomic mass is 32.2. The highest BCUT2D eigenvalue weighted by Crippen LogP contribution is 2.48. The van der Waals surface area contributed by atoms with Crippen LogP contribution < -0.4 is 9.04 Å². The largest absolute Gasteiger partial charge is 0.497 e. The third-order valence-electron chi connectivity index (χ3n) is 3.96. The number of aryl methyl sites for hydroxylation is 1. The maximum Gasteiger partial charge on any atom is 0.118 e. The van der Waals surface area contributed by atoms with Gasteiger partial charge in [0.25, 0.3) is 0 Å². The van der Waals surface area contributed by atoms with Crippen LogP contribution in [0.15, 0.2) is 59.5 Å². The van der Waals surface area contributed by atoms with Crippen molar-refractivity contribution in [1.82, 2.24) is 0 Å². The highest BCUT2D eigenvalue weighted by molar-refractivity contribution is 8.00. The van der Waals surface area contributed by atoms with Crippen LogP contribution in [0.4, 0.5) is 5.69 Å². The number of methoxy groups -OCH3 is 1. The average molecular weight is 370 g/mol. The first-order valence-electron chi connectivity index (χ1n) is 8.53. The average Bonchev–Trinajstić information content (AvgIpc) is 3.06. The third-order valence-corrected chi connectivity index (χ3v) is 6.06. The van der Waals surface area contributed by atoms with Crippen molar-refractivity contribution in [2.45, 2.75) is 32.2 Å². The van der Waals surface area contributed by atoms with Crippen LogP contribution in [0.2, 0.25) is 0 Å². The molecule has 0 N–H and O–H groups in total. The Hall–Kier alpha value is -1.91. The molecule has 0 amide bonds. The minimum atomic E-state index is 0.894. The second-order valence-electron chi connectivity index (χ2n) is 5.53. The predicted octanol–water partition coefficient (Wildman–Crippen LogP) is 6.79. The van der Waals surface area contributed by atoms with Crippen LogP contribution >= 0.6 is 23.3 Å². The predicted molar refractivity (Wildman–Crippen MR) is 111 cm³/mol. The summed E-state index contributed by atoms with van der Waals surface area (Å²) >= 11 is 3.67. The molecule has 2 nitrogen and oxygen atoms in total. The number of rotatable bonds is 3. The van der Waals surface area contributed by atoms with E-state index < -0.39 is 0 Å². The monoisotopic (exact) mass is 369 g/mol. The van der Waals surface area contributed by atoms with E-state index in [9.17, 15) is 0 Å². The molecule has 130 valence electrons. The third kappa shape index (κ3) is 3.70. The normalized spacial score (nSPS) is 11.9. The summed E-state index contributed by atoms with van der Waals surface area (Å²) in [6.07, 6.45) is 0. The van der Waals surface area contributed by atoms with E-state index in [2.05, 4.69) is 53.7 Å². The van der Waals surface area contributed by atoms with Crippen LogP contribution in [-0.2, 0) is 6.54 Å². The smallest absolute Gasteiger partial charge is 0.118 e. The van der Waals surface area contributed by atoms with E-state index in [0.29, 0.717) is 0 Å². The topological polar surface area (TPSA) is 12.5 Å². The zero-order chi connectivity index (χ0) is 17.8. The van der Waals surface area contributed by atoms with Crippen molar-refractivity contribution in [2.75, 3.05) is 11.4 Å². The number of benzene rings is 2. The minimum Gasteiger partial charge on any atom is -0.497 e. The van der Waals surface area contributed by atoms with Gasteiger partial charge >= 0.3 is 0 Å². The van der Waals surface area contributed by atoms with Gasteiger partial charge in [0, 0.05) is 9.77 Å². The first kappa shape index (κ1) is 17.9. The van der Waals surface area contributed by atoms with Gasteiger partial charge in [0.15, 0.2) is 0 Å². The summed E-state index contributed by atoms with van der Waals surface area (Å²) in [4.78, 5) is 3.96. The fourth-order valence-corrected chi connectivity index (χ4v) is 4.94. The van der Waals surface area contributed by atoms with Gasteiger partial charge in [-0.05, 0) is 60.3 Å². The molecular formula is C21H23NOS2. The van der Waals surface area contributed by atoms with Crippen molar-refractivity contribution in [2.24, 2.45) is 0 Å². The summed E-state index contributed by atoms with van der Waals surface area (Å²) in [6, 6.07) is 19.3. The zero-order valence-electron chi connectivity index (χ0n) is 15.1. The molecule has 0 aliphatic carbocycles. The Morgan fingerprint density at radius 3 is 2.48 bits per heavy atom. The van der Waals surface area contributed by atoms with E-state index in [1.807, 2.05) is 37.3 Å². The molecule has 3 aromatic rings. The number of thiophene rings is 1. The van der Waals surface area contributed by atoms with Gasteiger partial charge in [-0.3, -0.25) is 0 Å². The van der Waals surface area contributed by atoms with Gasteiger partial charge in [-0.2, -0.15) is 0 Å². The molecule has 2 aromatic carbocycles. The van der Waals surface area contributed by atoms with E-state index in [0.717, 1.165) is 12.3 Å². The number of anilines is 1. The Morgan fingerprint density at radius 2 is 1.76 bits per heavy atom. The van der Waals surface area contributed by atoms with Crippen molar-refractivity contribution in [1.29, 1.82) is 0 Å². The van der Waals surface area contributed by atoms with Crippen molar-refractivity contribution in [3.05, 3.63) is 65.0 Å². The maximum absolute atomic E-state index is 5.24. The molecule has 1 aliphatic rings. The zero-order valence-corrected chi connectivity index (χ0v) is 16.7. The molecule has 0 fully saturated rings. The molecule has 4 heteroatoms. The Bertz CT molecular complexity index is 839. The van der Waals surface area contributed by atoms with E-state index in [1.54, 1.807) is 19.1 Å². The molecule has 4 rings (SSSR count). The summed E-state index contributed by atoms with van der Waals surface area (Å²) < 4.78 is 7.64. The lowest BCUT2D eigenvalue weighted by Gasteiger charge is -2.29. The Balaban J connectivity index is 0.000000880. The number of hydrogen-bond acceptors (Lipinski definition) is 4. The van der Waals surface area contributed by atoms with Crippen LogP contribution in [0, 0.1) is 6.92 Å². The van der Waals surface area contributed by atoms with E-state index in [1.165, 1.54) is 31.5 Å². The fourth-order valence-electron chi connectivity index (χ4n) is 2.84. The molecule has 0 saturated carbocycles. The van der Waals surface area contributed by atoms with Crippen LogP contribution in [0.3, 0.4) is 0 Å². The first-order valence-corrected chi connectivity index (χ1v) is 10.1. The Kier molecular flexibility index (Phi) is 5.71. The van der Waals surface area contributed by atoms with Gasteiger partial charge in [-0.15, -0.1) is 11.3 Å². The number of hydrogen-bond donors (Lipinski definition) is 0. The summed E-state index contributed by atoms with van der Waals surface area (Å²) in [6.45, 7) is 7.11. The van der Waals surface area contributed by atoms with Crippen LogP contribution in [0.1, 0.15) is 24.3 Å². The first-order chi connectivity index (χ1) is 12.2. The molecular weight excluding hydrogens is 346 g/mol. The SMILES string of the molecule is CC.COc1ccc(SN2Cc3ccccc3-c3sc(C)cc32)cc1. The van der Waals surface area contributed by atoms with Gasteiger partial charge < -0.3 is 9.04 Å². The van der Waals surface area contributed by atoms with E-state index in [4.69, 9.17) is 4.74 Å². The Morgan fingerprint density at radius 1 is 1.04 bits per heavy atom. The van der Waals surface area contributed by atoms with Gasteiger partial charge in [0.2, 0.25) is 0 Å². The molecule has 0 atom stereocenters. The van der Waals surface area contributed by atoms with Crippen LogP contribution in [0.25, 0.3) is 10.4 Å². The summed E-state index contributed by atoms with van der Waals surface area (Å²) in [5.74, 6) is 0.894. The maximum atomic E-state index is 5.24. The lowest BCUT2D eigenvalue weighted by atomic mass is 10.0. The van der Waals surface area contributed by atoms with Gasteiger partial charge in [-0.25, -0.2) is 0 Å². The molecule has 0 saturated heterocycles. The van der Waals surface area contributed by atoms with E-state index in [-0.39, 0.29) is 0 Å². The summed E-state index contributed by atoms with van der Waals surface area (Å²) in [5.41, 5.74) is 4.10. The quantitative estimate of drug-likeness (QED) is 0.472. The molecule has 25 heavy (non-hydrogen) atoms. The van der Waals surface area contributed by atoms with Crippen molar-refractivity contribution in [3.63, 3.8) is 0 Å². The van der Waals surface area contributed by atoms with Gasteiger partial charge in [0.05, 0.1) is 24.2 Å². The highest BCUT2D eigenvalue weighted by Gasteiger charge is 2.24. The lowest BCUT2D eigenvalue weighted by Crippen LogP contribution is -2.17. The van der Waals surface area contributed by atoms with Crippen LogP contribution in [0.5, 0.6) is 5.75 Å². The fraction of sp³-hybridized carbons (Fsp3) is 0.238. The lowest BCUT2D eigenvalue weighted by molar-refractivity contribution is 0.414. The van der Waals surface area contributed by atoms with Crippen molar-refractivity contribution < 1.29 is 4.74 Å². The minimum absolute atomic E-state index is 0.894. The second-order valence-corrected chi connectivity index (χ2v) is 7.88. The van der Waals surface area contributed by atoms with Crippen molar-refractivity contribution in [3.8, 4) is 16.2 Å². The number of ether oxygens (including phenoxy) is 1. The van der Waals surface area contributed by atoms with Gasteiger partial charge in [-0.1, -0.05) is 38.1 Å². The molecule has 0 spiro atoms. The van der Waals surface area contributed by atoms with E-state index >= 15 is 0 Å². The molecule has 1 aromatic heterocycles. The van der Waals surface area contributed by atoms with Crippen LogP contribution in [-0.4, -0.2) is 7.11 Å². The Labute approximate surface area is 158 Å². The van der Waals surface area contributed by atoms with Gasteiger partial charge in [0.1, 0.15) is 5.75 Å². The standard InChI is InChI=1S/C19H17NOS2.C2H6/c1-13-11-18-19(22-13)17-6-4-3-5-14(17)12-20(18)23-16-9-7-15(21-2)8-10-16;1-2/h3-11H,12H2,1-2H3;1-2H3. The van der Waals surface area contributed by atoms with Crippen molar-refractivity contribution >= 4 is 29.0 Å². The molecule has 1 aliphatic heterocycles. The summed E-state index contributed by atoms with van der Waals surface area (Å²) in [7, 11) is 1.70. The molecule has 0 bridgehead atoms.